The average Bonchev–Trinajstić information content (AvgIpc) is 3.06. The van der Waals surface area contributed by atoms with Crippen LogP contribution in [-0.4, -0.2) is 24.1 Å². The molecule has 1 heterocycles. The third-order valence-corrected chi connectivity index (χ3v) is 5.14. The summed E-state index contributed by atoms with van der Waals surface area (Å²) in [5.74, 6) is 0. The van der Waals surface area contributed by atoms with Crippen LogP contribution in [0.1, 0.15) is 17.5 Å². The molecule has 1 fully saturated rings. The van der Waals surface area contributed by atoms with Crippen LogP contribution < -0.4 is 0 Å². The third kappa shape index (κ3) is 4.15. The lowest BCUT2D eigenvalue weighted by atomic mass is 10.0. The Morgan fingerprint density at radius 2 is 1.92 bits per heavy atom. The molecule has 1 aliphatic rings. The maximum absolute atomic E-state index is 12.2. The maximum atomic E-state index is 12.2. The number of benzene rings is 2. The van der Waals surface area contributed by atoms with E-state index >= 15 is 0 Å². The number of amides is 1. The van der Waals surface area contributed by atoms with Crippen molar-refractivity contribution in [2.24, 2.45) is 0 Å². The highest BCUT2D eigenvalue weighted by Crippen LogP contribution is 2.38. The molecule has 0 bridgehead atoms. The molecule has 0 aliphatic carbocycles. The summed E-state index contributed by atoms with van der Waals surface area (Å²) < 4.78 is 5.18. The molecule has 2 aromatic rings. The van der Waals surface area contributed by atoms with Gasteiger partial charge in [-0.05, 0) is 36.6 Å². The summed E-state index contributed by atoms with van der Waals surface area (Å²) in [6.07, 6.45) is 2.27. The van der Waals surface area contributed by atoms with Gasteiger partial charge in [0.15, 0.2) is 0 Å². The van der Waals surface area contributed by atoms with Crippen molar-refractivity contribution in [3.05, 3.63) is 83.4 Å². The second kappa shape index (κ2) is 8.08. The van der Waals surface area contributed by atoms with Crippen LogP contribution in [0.25, 0.3) is 5.57 Å². The van der Waals surface area contributed by atoms with Crippen molar-refractivity contribution in [3.63, 3.8) is 0 Å². The predicted octanol–water partition coefficient (Wildman–Crippen LogP) is 5.48. The molecular formula is C21H21NO2S. The lowest BCUT2D eigenvalue weighted by Gasteiger charge is -2.21. The van der Waals surface area contributed by atoms with Gasteiger partial charge in [0.2, 0.25) is 0 Å². The summed E-state index contributed by atoms with van der Waals surface area (Å²) in [5.41, 5.74) is 3.39. The van der Waals surface area contributed by atoms with Gasteiger partial charge in [-0.3, -0.25) is 4.90 Å². The first-order valence-corrected chi connectivity index (χ1v) is 9.09. The molecule has 2 aromatic carbocycles. The van der Waals surface area contributed by atoms with Gasteiger partial charge in [-0.2, -0.15) is 0 Å². The number of nitrogens with zero attached hydrogens (tertiary/aromatic N) is 1. The fraction of sp³-hybridized carbons (Fsp3) is 0.190. The minimum Gasteiger partial charge on any atom is -0.447 e. The summed E-state index contributed by atoms with van der Waals surface area (Å²) >= 11 is 1.60. The molecule has 0 unspecified atom stereocenters. The van der Waals surface area contributed by atoms with Crippen LogP contribution in [-0.2, 0) is 4.74 Å². The Kier molecular flexibility index (Phi) is 5.61. The van der Waals surface area contributed by atoms with Gasteiger partial charge in [-0.25, -0.2) is 4.79 Å². The zero-order valence-corrected chi connectivity index (χ0v) is 15.1. The van der Waals surface area contributed by atoms with Crippen LogP contribution >= 0.6 is 11.8 Å². The Hall–Kier alpha value is -2.46. The molecule has 3 nitrogen and oxygen atoms in total. The second-order valence-corrected chi connectivity index (χ2v) is 6.89. The van der Waals surface area contributed by atoms with Crippen LogP contribution in [0.4, 0.5) is 4.79 Å². The quantitative estimate of drug-likeness (QED) is 0.509. The van der Waals surface area contributed by atoms with Crippen LogP contribution in [0.5, 0.6) is 0 Å². The molecule has 1 aliphatic heterocycles. The van der Waals surface area contributed by atoms with E-state index in [9.17, 15) is 4.79 Å². The monoisotopic (exact) mass is 351 g/mol. The van der Waals surface area contributed by atoms with E-state index in [2.05, 4.69) is 49.9 Å². The molecule has 25 heavy (non-hydrogen) atoms. The molecule has 0 saturated carbocycles. The summed E-state index contributed by atoms with van der Waals surface area (Å²) in [6.45, 7) is 6.95. The van der Waals surface area contributed by atoms with Gasteiger partial charge in [0, 0.05) is 4.90 Å². The standard InChI is InChI=1S/C21H21NO2S/c1-3-7-19(17-8-5-4-6-9-17)20(22-14-15-24-21(22)23)25-18-12-10-16(2)11-13-18/h3-6,8-13H,1,7,14-15H2,2H3/b20-19+. The highest BCUT2D eigenvalue weighted by molar-refractivity contribution is 8.03. The number of hydrogen-bond acceptors (Lipinski definition) is 3. The smallest absolute Gasteiger partial charge is 0.414 e. The molecule has 0 aromatic heterocycles. The van der Waals surface area contributed by atoms with Crippen molar-refractivity contribution in [3.8, 4) is 0 Å². The molecular weight excluding hydrogens is 330 g/mol. The first kappa shape index (κ1) is 17.4. The normalized spacial score (nSPS) is 14.9. The van der Waals surface area contributed by atoms with E-state index in [0.29, 0.717) is 19.6 Å². The Morgan fingerprint density at radius 1 is 1.20 bits per heavy atom. The van der Waals surface area contributed by atoms with E-state index in [1.54, 1.807) is 16.7 Å². The topological polar surface area (TPSA) is 29.5 Å². The molecule has 3 rings (SSSR count). The number of allylic oxidation sites excluding steroid dienone is 2. The molecule has 1 saturated heterocycles. The van der Waals surface area contributed by atoms with Crippen molar-refractivity contribution in [1.82, 2.24) is 4.90 Å². The maximum Gasteiger partial charge on any atom is 0.414 e. The van der Waals surface area contributed by atoms with E-state index in [4.69, 9.17) is 4.74 Å². The van der Waals surface area contributed by atoms with Gasteiger partial charge in [-0.1, -0.05) is 65.9 Å². The molecule has 0 spiro atoms. The predicted molar refractivity (Wildman–Crippen MR) is 103 cm³/mol. The number of thioether (sulfide) groups is 1. The molecule has 128 valence electrons. The van der Waals surface area contributed by atoms with Gasteiger partial charge >= 0.3 is 6.09 Å². The fourth-order valence-corrected chi connectivity index (χ4v) is 3.78. The van der Waals surface area contributed by atoms with Gasteiger partial charge in [0.1, 0.15) is 6.61 Å². The van der Waals surface area contributed by atoms with Gasteiger partial charge in [0.05, 0.1) is 11.6 Å². The molecule has 4 heteroatoms. The molecule has 1 amide bonds. The highest BCUT2D eigenvalue weighted by Gasteiger charge is 2.28. The number of hydrogen-bond donors (Lipinski definition) is 0. The van der Waals surface area contributed by atoms with E-state index in [0.717, 1.165) is 21.1 Å². The Balaban J connectivity index is 2.08. The number of aryl methyl sites for hydroxylation is 1. The summed E-state index contributed by atoms with van der Waals surface area (Å²) in [4.78, 5) is 15.1. The SMILES string of the molecule is C=CC/C(=C(\Sc1ccc(C)cc1)N1CCOC1=O)c1ccccc1. The van der Waals surface area contributed by atoms with Gasteiger partial charge in [-0.15, -0.1) is 6.58 Å². The highest BCUT2D eigenvalue weighted by atomic mass is 32.2. The molecule has 0 atom stereocenters. The summed E-state index contributed by atoms with van der Waals surface area (Å²) in [7, 11) is 0. The number of rotatable bonds is 6. The lowest BCUT2D eigenvalue weighted by molar-refractivity contribution is 0.165. The fourth-order valence-electron chi connectivity index (χ4n) is 2.69. The lowest BCUT2D eigenvalue weighted by Crippen LogP contribution is -2.23. The zero-order valence-electron chi connectivity index (χ0n) is 14.3. The Morgan fingerprint density at radius 3 is 2.52 bits per heavy atom. The summed E-state index contributed by atoms with van der Waals surface area (Å²) in [6, 6.07) is 18.5. The number of cyclic esters (lactones) is 1. The molecule has 0 N–H and O–H groups in total. The van der Waals surface area contributed by atoms with Crippen LogP contribution in [0, 0.1) is 6.92 Å². The van der Waals surface area contributed by atoms with E-state index in [1.165, 1.54) is 5.56 Å². The average molecular weight is 351 g/mol. The number of carbonyl (C=O) groups is 1. The van der Waals surface area contributed by atoms with Crippen molar-refractivity contribution in [1.29, 1.82) is 0 Å². The number of carbonyl (C=O) groups excluding carboxylic acids is 1. The van der Waals surface area contributed by atoms with E-state index in [1.807, 2.05) is 24.3 Å². The second-order valence-electron chi connectivity index (χ2n) is 5.82. The van der Waals surface area contributed by atoms with Gasteiger partial charge in [0.25, 0.3) is 0 Å². The Labute approximate surface area is 153 Å². The first-order valence-electron chi connectivity index (χ1n) is 8.27. The van der Waals surface area contributed by atoms with Gasteiger partial charge < -0.3 is 4.74 Å². The first-order chi connectivity index (χ1) is 12.2. The van der Waals surface area contributed by atoms with Crippen LogP contribution in [0.2, 0.25) is 0 Å². The van der Waals surface area contributed by atoms with E-state index in [-0.39, 0.29) is 6.09 Å². The summed E-state index contributed by atoms with van der Waals surface area (Å²) in [5, 5.41) is 0.914. The largest absolute Gasteiger partial charge is 0.447 e. The van der Waals surface area contributed by atoms with Crippen LogP contribution in [0.3, 0.4) is 0 Å². The van der Waals surface area contributed by atoms with E-state index < -0.39 is 0 Å². The van der Waals surface area contributed by atoms with Crippen molar-refractivity contribution < 1.29 is 9.53 Å². The molecule has 0 radical (unpaired) electrons. The third-order valence-electron chi connectivity index (χ3n) is 3.97. The Bertz CT molecular complexity index is 781. The minimum atomic E-state index is -0.285. The number of ether oxygens (including phenoxy) is 1. The zero-order chi connectivity index (χ0) is 17.6. The van der Waals surface area contributed by atoms with Crippen molar-refractivity contribution in [2.45, 2.75) is 18.2 Å². The van der Waals surface area contributed by atoms with Crippen molar-refractivity contribution >= 4 is 23.4 Å². The van der Waals surface area contributed by atoms with Crippen molar-refractivity contribution in [2.75, 3.05) is 13.2 Å². The minimum absolute atomic E-state index is 0.285. The van der Waals surface area contributed by atoms with Crippen LogP contribution in [0.15, 0.2) is 77.2 Å².